The first kappa shape index (κ1) is 16.9. The maximum atomic E-state index is 13.0. The summed E-state index contributed by atoms with van der Waals surface area (Å²) in [7, 11) is 0. The maximum absolute atomic E-state index is 13.0. The molecule has 2 aliphatic carbocycles. The first-order chi connectivity index (χ1) is 13.3. The number of carbonyl (C=O) groups excluding carboxylic acids is 3. The van der Waals surface area contributed by atoms with Crippen LogP contribution >= 0.6 is 0 Å². The fourth-order valence-electron chi connectivity index (χ4n) is 4.76. The highest BCUT2D eigenvalue weighted by Gasteiger charge is 2.68. The quantitative estimate of drug-likeness (QED) is 0.579. The monoisotopic (exact) mass is 379 g/mol. The number of fused-ring (bicyclic) bond motifs is 5. The molecule has 2 aromatic carbocycles. The van der Waals surface area contributed by atoms with E-state index in [1.165, 1.54) is 24.3 Å². The number of nitrogens with two attached hydrogens (primary N) is 1. The lowest BCUT2D eigenvalue weighted by Gasteiger charge is -2.29. The number of ketones is 2. The van der Waals surface area contributed by atoms with Crippen LogP contribution in [0, 0.1) is 5.92 Å². The Labute approximate surface area is 159 Å². The number of hydrogen-bond acceptors (Lipinski definition) is 6. The van der Waals surface area contributed by atoms with Crippen molar-refractivity contribution in [1.29, 1.82) is 0 Å². The Hall–Kier alpha value is -3.19. The van der Waals surface area contributed by atoms with Gasteiger partial charge >= 0.3 is 0 Å². The van der Waals surface area contributed by atoms with E-state index in [0.717, 1.165) is 0 Å². The van der Waals surface area contributed by atoms with Gasteiger partial charge in [0.1, 0.15) is 17.6 Å². The maximum Gasteiger partial charge on any atom is 0.257 e. The van der Waals surface area contributed by atoms with Gasteiger partial charge in [0.25, 0.3) is 5.91 Å². The van der Waals surface area contributed by atoms with Gasteiger partial charge in [0, 0.05) is 22.3 Å². The van der Waals surface area contributed by atoms with Crippen molar-refractivity contribution >= 4 is 17.5 Å². The van der Waals surface area contributed by atoms with E-state index in [0.29, 0.717) is 24.0 Å². The highest BCUT2D eigenvalue weighted by molar-refractivity contribution is 6.30. The van der Waals surface area contributed by atoms with Gasteiger partial charge in [0.05, 0.1) is 11.1 Å². The zero-order chi connectivity index (χ0) is 20.0. The van der Waals surface area contributed by atoms with Crippen molar-refractivity contribution in [3.63, 3.8) is 0 Å². The lowest BCUT2D eigenvalue weighted by molar-refractivity contribution is -0.123. The van der Waals surface area contributed by atoms with Gasteiger partial charge in [-0.15, -0.1) is 0 Å². The molecule has 3 aliphatic rings. The molecule has 5 rings (SSSR count). The summed E-state index contributed by atoms with van der Waals surface area (Å²) in [6, 6.07) is 5.69. The minimum absolute atomic E-state index is 0.0100. The minimum atomic E-state index is -1.37. The Morgan fingerprint density at radius 2 is 1.96 bits per heavy atom. The standard InChI is InChI=1S/C21H17NO6/c1-2-8-6-10-12(21(20(22)27)19(8)28-21)7-11-15(17(10)25)18(26)14-9(16(11)24)4-3-5-13(14)23/h3-5,7-8,19,23,25H,2,6H2,1H3,(H2,22,27)/t8-,19?,21?/m1/s1. The van der Waals surface area contributed by atoms with Crippen LogP contribution in [-0.2, 0) is 21.6 Å². The number of primary amides is 1. The van der Waals surface area contributed by atoms with E-state index in [9.17, 15) is 24.6 Å². The zero-order valence-electron chi connectivity index (χ0n) is 15.0. The molecular formula is C21H17NO6. The Bertz CT molecular complexity index is 1120. The average Bonchev–Trinajstić information content (AvgIpc) is 3.43. The van der Waals surface area contributed by atoms with Crippen molar-refractivity contribution in [3.05, 3.63) is 57.6 Å². The van der Waals surface area contributed by atoms with Gasteiger partial charge in [-0.05, 0) is 24.5 Å². The minimum Gasteiger partial charge on any atom is -0.507 e. The average molecular weight is 379 g/mol. The van der Waals surface area contributed by atoms with Crippen molar-refractivity contribution in [2.24, 2.45) is 11.7 Å². The third-order valence-corrected chi connectivity index (χ3v) is 6.23. The largest absolute Gasteiger partial charge is 0.507 e. The second-order valence-corrected chi connectivity index (χ2v) is 7.54. The molecule has 7 heteroatoms. The van der Waals surface area contributed by atoms with Crippen LogP contribution in [0.25, 0.3) is 0 Å². The Morgan fingerprint density at radius 3 is 2.64 bits per heavy atom. The van der Waals surface area contributed by atoms with E-state index >= 15 is 0 Å². The number of phenolic OH excluding ortho intramolecular Hbond substituents is 2. The van der Waals surface area contributed by atoms with E-state index < -0.39 is 29.2 Å². The molecule has 0 bridgehead atoms. The van der Waals surface area contributed by atoms with Crippen LogP contribution in [0.1, 0.15) is 56.3 Å². The van der Waals surface area contributed by atoms with E-state index in [1.54, 1.807) is 0 Å². The number of carbonyl (C=O) groups is 3. The number of amides is 1. The van der Waals surface area contributed by atoms with Crippen molar-refractivity contribution in [1.82, 2.24) is 0 Å². The fraction of sp³-hybridized carbons (Fsp3) is 0.286. The van der Waals surface area contributed by atoms with Crippen LogP contribution in [0.4, 0.5) is 0 Å². The normalized spacial score (nSPS) is 26.8. The van der Waals surface area contributed by atoms with Gasteiger partial charge in [0.2, 0.25) is 5.78 Å². The van der Waals surface area contributed by atoms with Crippen LogP contribution in [-0.4, -0.2) is 33.8 Å². The molecule has 0 aromatic heterocycles. The van der Waals surface area contributed by atoms with Crippen LogP contribution in [0.5, 0.6) is 11.5 Å². The van der Waals surface area contributed by atoms with Crippen molar-refractivity contribution in [2.75, 3.05) is 0 Å². The number of epoxide rings is 1. The van der Waals surface area contributed by atoms with E-state index in [-0.39, 0.29) is 39.7 Å². The highest BCUT2D eigenvalue weighted by atomic mass is 16.6. The van der Waals surface area contributed by atoms with Crippen LogP contribution in [0.15, 0.2) is 24.3 Å². The SMILES string of the molecule is CC[C@@H]1Cc2c(cc3c(c2O)C(=O)c2c(O)cccc2C3=O)C2(C(N)=O)OC12. The summed E-state index contributed by atoms with van der Waals surface area (Å²) in [5, 5.41) is 21.1. The smallest absolute Gasteiger partial charge is 0.257 e. The molecule has 2 aromatic rings. The fourth-order valence-corrected chi connectivity index (χ4v) is 4.76. The summed E-state index contributed by atoms with van der Waals surface area (Å²) < 4.78 is 5.73. The third kappa shape index (κ3) is 1.79. The summed E-state index contributed by atoms with van der Waals surface area (Å²) in [6.07, 6.45) is 0.706. The Morgan fingerprint density at radius 1 is 1.21 bits per heavy atom. The Balaban J connectivity index is 1.81. The number of rotatable bonds is 2. The molecule has 28 heavy (non-hydrogen) atoms. The van der Waals surface area contributed by atoms with Gasteiger partial charge < -0.3 is 20.7 Å². The topological polar surface area (TPSA) is 130 Å². The summed E-state index contributed by atoms with van der Waals surface area (Å²) in [4.78, 5) is 38.3. The lowest BCUT2D eigenvalue weighted by atomic mass is 9.71. The summed E-state index contributed by atoms with van der Waals surface area (Å²) >= 11 is 0. The predicted octanol–water partition coefficient (Wildman–Crippen LogP) is 1.53. The number of benzene rings is 2. The number of phenols is 2. The first-order valence-electron chi connectivity index (χ1n) is 9.11. The molecule has 1 heterocycles. The van der Waals surface area contributed by atoms with Crippen LogP contribution < -0.4 is 5.73 Å². The summed E-state index contributed by atoms with van der Waals surface area (Å²) in [5.41, 5.74) is 4.79. The van der Waals surface area contributed by atoms with Crippen molar-refractivity contribution in [2.45, 2.75) is 31.5 Å². The molecule has 1 saturated heterocycles. The molecule has 4 N–H and O–H groups in total. The van der Waals surface area contributed by atoms with Crippen molar-refractivity contribution in [3.8, 4) is 11.5 Å². The molecule has 2 unspecified atom stereocenters. The molecule has 7 nitrogen and oxygen atoms in total. The van der Waals surface area contributed by atoms with Gasteiger partial charge in [-0.2, -0.15) is 0 Å². The van der Waals surface area contributed by atoms with E-state index in [2.05, 4.69) is 0 Å². The second-order valence-electron chi connectivity index (χ2n) is 7.54. The third-order valence-electron chi connectivity index (χ3n) is 6.23. The summed E-state index contributed by atoms with van der Waals surface area (Å²) in [6.45, 7) is 1.95. The molecule has 1 aliphatic heterocycles. The zero-order valence-corrected chi connectivity index (χ0v) is 15.0. The van der Waals surface area contributed by atoms with Crippen LogP contribution in [0.2, 0.25) is 0 Å². The van der Waals surface area contributed by atoms with Gasteiger partial charge in [-0.3, -0.25) is 14.4 Å². The second kappa shape index (κ2) is 5.20. The van der Waals surface area contributed by atoms with E-state index in [1.807, 2.05) is 6.92 Å². The van der Waals surface area contributed by atoms with Gasteiger partial charge in [0.15, 0.2) is 11.4 Å². The molecule has 1 fully saturated rings. The molecule has 0 radical (unpaired) electrons. The van der Waals surface area contributed by atoms with Gasteiger partial charge in [-0.1, -0.05) is 25.5 Å². The Kier molecular flexibility index (Phi) is 3.15. The van der Waals surface area contributed by atoms with Gasteiger partial charge in [-0.25, -0.2) is 0 Å². The summed E-state index contributed by atoms with van der Waals surface area (Å²) in [5.74, 6) is -2.50. The van der Waals surface area contributed by atoms with E-state index in [4.69, 9.17) is 10.5 Å². The van der Waals surface area contributed by atoms with Crippen LogP contribution in [0.3, 0.4) is 0 Å². The molecule has 1 amide bonds. The predicted molar refractivity (Wildman–Crippen MR) is 96.3 cm³/mol. The lowest BCUT2D eigenvalue weighted by Crippen LogP contribution is -2.39. The number of hydrogen-bond donors (Lipinski definition) is 3. The number of ether oxygens (including phenoxy) is 1. The van der Waals surface area contributed by atoms with Crippen molar-refractivity contribution < 1.29 is 29.3 Å². The molecule has 3 atom stereocenters. The molecule has 0 saturated carbocycles. The molecular weight excluding hydrogens is 362 g/mol. The molecule has 142 valence electrons. The highest BCUT2D eigenvalue weighted by Crippen LogP contribution is 2.58. The molecule has 0 spiro atoms. The first-order valence-corrected chi connectivity index (χ1v) is 9.11. The number of aromatic hydroxyl groups is 2.